The molecule has 16 heavy (non-hydrogen) atoms. The third-order valence-corrected chi connectivity index (χ3v) is 3.33. The molecule has 2 N–H and O–H groups in total. The van der Waals surface area contributed by atoms with Gasteiger partial charge in [0.05, 0.1) is 11.4 Å². The lowest BCUT2D eigenvalue weighted by Crippen LogP contribution is -1.94. The van der Waals surface area contributed by atoms with Crippen molar-refractivity contribution in [2.75, 3.05) is 5.73 Å². The summed E-state index contributed by atoms with van der Waals surface area (Å²) in [6.07, 6.45) is 4.07. The molecule has 0 fully saturated rings. The van der Waals surface area contributed by atoms with Gasteiger partial charge >= 0.3 is 0 Å². The quantitative estimate of drug-likeness (QED) is 0.816. The minimum Gasteiger partial charge on any atom is -0.395 e. The van der Waals surface area contributed by atoms with E-state index in [1.165, 1.54) is 18.1 Å². The average molecular weight is 235 g/mol. The normalized spacial score (nSPS) is 10.6. The van der Waals surface area contributed by atoms with Crippen LogP contribution in [0, 0.1) is 0 Å². The Morgan fingerprint density at radius 1 is 1.50 bits per heavy atom. The van der Waals surface area contributed by atoms with E-state index in [-0.39, 0.29) is 0 Å². The van der Waals surface area contributed by atoms with Crippen molar-refractivity contribution in [3.05, 3.63) is 24.3 Å². The van der Waals surface area contributed by atoms with Gasteiger partial charge in [0, 0.05) is 13.2 Å². The van der Waals surface area contributed by atoms with Gasteiger partial charge in [0.1, 0.15) is 16.4 Å². The number of hydrogen-bond donors (Lipinski definition) is 1. The Hall–Kier alpha value is -1.56. The summed E-state index contributed by atoms with van der Waals surface area (Å²) in [5.41, 5.74) is 7.69. The van der Waals surface area contributed by atoms with E-state index >= 15 is 0 Å². The maximum Gasteiger partial charge on any atom is 0.123 e. The number of hydrogen-bond acceptors (Lipinski definition) is 5. The molecule has 0 aliphatic rings. The molecule has 0 bridgehead atoms. The lowest BCUT2D eigenvalue weighted by atomic mass is 10.3. The largest absolute Gasteiger partial charge is 0.395 e. The second-order valence-electron chi connectivity index (χ2n) is 3.29. The first-order chi connectivity index (χ1) is 7.72. The van der Waals surface area contributed by atoms with Gasteiger partial charge in [-0.25, -0.2) is 9.97 Å². The fourth-order valence-corrected chi connectivity index (χ4v) is 2.23. The molecule has 2 aromatic rings. The molecule has 0 aromatic carbocycles. The lowest BCUT2D eigenvalue weighted by molar-refractivity contribution is 0.687. The van der Waals surface area contributed by atoms with Crippen LogP contribution in [0.1, 0.15) is 12.6 Å². The van der Waals surface area contributed by atoms with Gasteiger partial charge in [0.15, 0.2) is 0 Å². The predicted molar refractivity (Wildman–Crippen MR) is 63.2 cm³/mol. The molecule has 0 saturated heterocycles. The van der Waals surface area contributed by atoms with Crippen LogP contribution < -0.4 is 5.73 Å². The van der Waals surface area contributed by atoms with Crippen LogP contribution in [0.2, 0.25) is 0 Å². The van der Waals surface area contributed by atoms with Crippen LogP contribution in [0.15, 0.2) is 28.6 Å². The fourth-order valence-electron chi connectivity index (χ4n) is 1.40. The summed E-state index contributed by atoms with van der Waals surface area (Å²) in [5, 5.41) is 6.15. The highest BCUT2D eigenvalue weighted by molar-refractivity contribution is 7.99. The van der Waals surface area contributed by atoms with Crippen LogP contribution in [0.5, 0.6) is 0 Å². The Labute approximate surface area is 98.1 Å². The Bertz CT molecular complexity index is 479. The van der Waals surface area contributed by atoms with Gasteiger partial charge in [-0.3, -0.25) is 4.68 Å². The van der Waals surface area contributed by atoms with Gasteiger partial charge in [-0.05, 0) is 24.2 Å². The summed E-state index contributed by atoms with van der Waals surface area (Å²) in [7, 11) is 1.89. The van der Waals surface area contributed by atoms with Crippen LogP contribution in [0.25, 0.3) is 0 Å². The first-order valence-electron chi connectivity index (χ1n) is 4.97. The van der Waals surface area contributed by atoms with Crippen LogP contribution in [-0.2, 0) is 13.5 Å². The van der Waals surface area contributed by atoms with Crippen molar-refractivity contribution in [3.63, 3.8) is 0 Å². The Morgan fingerprint density at radius 3 is 2.88 bits per heavy atom. The van der Waals surface area contributed by atoms with Crippen LogP contribution in [-0.4, -0.2) is 19.7 Å². The first kappa shape index (κ1) is 10.9. The summed E-state index contributed by atoms with van der Waals surface area (Å²) in [6, 6.07) is 1.85. The minimum absolute atomic E-state index is 0.744. The van der Waals surface area contributed by atoms with Gasteiger partial charge < -0.3 is 5.73 Å². The molecule has 0 unspecified atom stereocenters. The molecule has 0 amide bonds. The molecule has 2 rings (SSSR count). The fraction of sp³-hybridized carbons (Fsp3) is 0.300. The maximum absolute atomic E-state index is 6.01. The lowest BCUT2D eigenvalue weighted by Gasteiger charge is -2.01. The van der Waals surface area contributed by atoms with E-state index in [1.807, 2.05) is 20.0 Å². The summed E-state index contributed by atoms with van der Waals surface area (Å²) in [5.74, 6) is 0. The predicted octanol–water partition coefficient (Wildman–Crippen LogP) is 1.51. The molecule has 0 aliphatic carbocycles. The van der Waals surface area contributed by atoms with Crippen molar-refractivity contribution in [1.82, 2.24) is 19.7 Å². The van der Waals surface area contributed by atoms with E-state index in [0.717, 1.165) is 27.9 Å². The number of aromatic nitrogens is 4. The van der Waals surface area contributed by atoms with Crippen molar-refractivity contribution in [1.29, 1.82) is 0 Å². The second kappa shape index (κ2) is 4.52. The smallest absolute Gasteiger partial charge is 0.123 e. The number of aryl methyl sites for hydroxylation is 2. The van der Waals surface area contributed by atoms with Crippen molar-refractivity contribution in [2.45, 2.75) is 23.4 Å². The zero-order valence-corrected chi connectivity index (χ0v) is 10.0. The van der Waals surface area contributed by atoms with Gasteiger partial charge in [-0.1, -0.05) is 6.92 Å². The van der Waals surface area contributed by atoms with E-state index < -0.39 is 0 Å². The van der Waals surface area contributed by atoms with E-state index in [4.69, 9.17) is 5.73 Å². The molecule has 0 radical (unpaired) electrons. The standard InChI is InChI=1S/C10H13N5S/c1-3-7-9(11)10(15(2)14-7)16-8-4-5-12-6-13-8/h4-6H,3,11H2,1-2H3. The zero-order valence-electron chi connectivity index (χ0n) is 9.21. The average Bonchev–Trinajstić information content (AvgIpc) is 2.58. The monoisotopic (exact) mass is 235 g/mol. The highest BCUT2D eigenvalue weighted by Crippen LogP contribution is 2.31. The number of nitrogen functional groups attached to an aromatic ring is 1. The minimum atomic E-state index is 0.744. The SMILES string of the molecule is CCc1nn(C)c(Sc2ccncn2)c1N. The molecule has 5 nitrogen and oxygen atoms in total. The molecule has 84 valence electrons. The number of nitrogens with zero attached hydrogens (tertiary/aromatic N) is 4. The summed E-state index contributed by atoms with van der Waals surface area (Å²) >= 11 is 1.50. The van der Waals surface area contributed by atoms with Crippen LogP contribution in [0.3, 0.4) is 0 Å². The van der Waals surface area contributed by atoms with E-state index in [0.29, 0.717) is 0 Å². The topological polar surface area (TPSA) is 69.6 Å². The molecule has 2 aromatic heterocycles. The Kier molecular flexibility index (Phi) is 3.09. The number of rotatable bonds is 3. The summed E-state index contributed by atoms with van der Waals surface area (Å²) in [6.45, 7) is 2.04. The third-order valence-electron chi connectivity index (χ3n) is 2.20. The Morgan fingerprint density at radius 2 is 2.31 bits per heavy atom. The zero-order chi connectivity index (χ0) is 11.5. The van der Waals surface area contributed by atoms with Crippen molar-refractivity contribution < 1.29 is 0 Å². The maximum atomic E-state index is 6.01. The van der Waals surface area contributed by atoms with E-state index in [1.54, 1.807) is 10.9 Å². The van der Waals surface area contributed by atoms with Crippen molar-refractivity contribution >= 4 is 17.4 Å². The number of anilines is 1. The second-order valence-corrected chi connectivity index (χ2v) is 4.30. The molecule has 0 spiro atoms. The van der Waals surface area contributed by atoms with Gasteiger partial charge in [0.25, 0.3) is 0 Å². The molecule has 0 saturated carbocycles. The van der Waals surface area contributed by atoms with Crippen LogP contribution in [0.4, 0.5) is 5.69 Å². The molecule has 6 heteroatoms. The highest BCUT2D eigenvalue weighted by Gasteiger charge is 2.13. The van der Waals surface area contributed by atoms with E-state index in [2.05, 4.69) is 15.1 Å². The molecule has 0 aliphatic heterocycles. The van der Waals surface area contributed by atoms with E-state index in [9.17, 15) is 0 Å². The van der Waals surface area contributed by atoms with Gasteiger partial charge in [0.2, 0.25) is 0 Å². The summed E-state index contributed by atoms with van der Waals surface area (Å²) in [4.78, 5) is 8.02. The van der Waals surface area contributed by atoms with Gasteiger partial charge in [-0.2, -0.15) is 5.10 Å². The highest BCUT2D eigenvalue weighted by atomic mass is 32.2. The van der Waals surface area contributed by atoms with Crippen molar-refractivity contribution in [3.8, 4) is 0 Å². The molecule has 2 heterocycles. The summed E-state index contributed by atoms with van der Waals surface area (Å²) < 4.78 is 1.79. The molecule has 0 atom stereocenters. The van der Waals surface area contributed by atoms with Crippen molar-refractivity contribution in [2.24, 2.45) is 7.05 Å². The Balaban J connectivity index is 2.31. The molecular formula is C10H13N5S. The first-order valence-corrected chi connectivity index (χ1v) is 5.79. The van der Waals surface area contributed by atoms with Crippen LogP contribution >= 0.6 is 11.8 Å². The third kappa shape index (κ3) is 2.01. The molecular weight excluding hydrogens is 222 g/mol. The van der Waals surface area contributed by atoms with Gasteiger partial charge in [-0.15, -0.1) is 0 Å². The number of nitrogens with two attached hydrogens (primary N) is 1.